The number of aromatic nitrogens is 1. The lowest BCUT2D eigenvalue weighted by atomic mass is 10.1. The first-order valence-corrected chi connectivity index (χ1v) is 13.6. The van der Waals surface area contributed by atoms with Crippen molar-refractivity contribution in [2.24, 2.45) is 11.8 Å². The summed E-state index contributed by atoms with van der Waals surface area (Å²) in [5, 5.41) is 15.2. The monoisotopic (exact) mass is 644 g/mol. The molecule has 0 radical (unpaired) electrons. The number of halogens is 6. The summed E-state index contributed by atoms with van der Waals surface area (Å²) < 4.78 is 75.0. The number of nitriles is 1. The molecule has 2 aliphatic rings. The number of nitrogens with zero attached hydrogens (tertiary/aromatic N) is 3. The summed E-state index contributed by atoms with van der Waals surface area (Å²) in [4.78, 5) is 46.5. The Balaban J connectivity index is 0.000000330. The van der Waals surface area contributed by atoms with Crippen LogP contribution in [0, 0.1) is 23.2 Å². The Labute approximate surface area is 256 Å². The maximum atomic E-state index is 12.5. The molecule has 0 bridgehead atoms. The lowest BCUT2D eigenvalue weighted by Gasteiger charge is -2.18. The highest BCUT2D eigenvalue weighted by atomic mass is 19.4. The van der Waals surface area contributed by atoms with Crippen LogP contribution >= 0.6 is 0 Å². The van der Waals surface area contributed by atoms with Crippen molar-refractivity contribution in [1.82, 2.24) is 15.2 Å². The number of alkyl halides is 6. The molecule has 1 aromatic heterocycles. The van der Waals surface area contributed by atoms with E-state index in [2.05, 4.69) is 28.6 Å². The molecule has 2 heterocycles. The molecule has 246 valence electrons. The molecule has 3 N–H and O–H groups in total. The molecule has 1 saturated heterocycles. The highest BCUT2D eigenvalue weighted by Crippen LogP contribution is 2.41. The zero-order valence-electron chi connectivity index (χ0n) is 24.7. The Morgan fingerprint density at radius 2 is 1.51 bits per heavy atom. The second-order valence-electron chi connectivity index (χ2n) is 10.1. The van der Waals surface area contributed by atoms with Gasteiger partial charge in [-0.2, -0.15) is 31.6 Å². The van der Waals surface area contributed by atoms with Crippen LogP contribution in [-0.2, 0) is 31.5 Å². The molecule has 1 saturated carbocycles. The number of carbonyl (C=O) groups is 4. The van der Waals surface area contributed by atoms with Crippen LogP contribution in [0.1, 0.15) is 51.2 Å². The minimum atomic E-state index is -5.05. The second-order valence-corrected chi connectivity index (χ2v) is 10.1. The first kappa shape index (κ1) is 38.3. The fraction of sp³-hybridized carbons (Fsp3) is 0.448. The van der Waals surface area contributed by atoms with Gasteiger partial charge >= 0.3 is 12.4 Å². The highest BCUT2D eigenvalue weighted by Gasteiger charge is 2.41. The first-order chi connectivity index (χ1) is 21.0. The van der Waals surface area contributed by atoms with Crippen molar-refractivity contribution in [3.8, 4) is 6.07 Å². The summed E-state index contributed by atoms with van der Waals surface area (Å²) in [6, 6.07) is 11.1. The molecule has 2 atom stereocenters. The third kappa shape index (κ3) is 14.6. The highest BCUT2D eigenvalue weighted by molar-refractivity contribution is 5.90. The Morgan fingerprint density at radius 3 is 1.91 bits per heavy atom. The number of carbonyl (C=O) groups excluding carboxylic acids is 4. The number of pyridine rings is 1. The van der Waals surface area contributed by atoms with E-state index < -0.39 is 35.1 Å². The van der Waals surface area contributed by atoms with E-state index in [0.29, 0.717) is 25.3 Å². The van der Waals surface area contributed by atoms with Crippen molar-refractivity contribution in [2.45, 2.75) is 58.4 Å². The van der Waals surface area contributed by atoms with E-state index in [1.807, 2.05) is 37.3 Å². The van der Waals surface area contributed by atoms with Gasteiger partial charge in [0, 0.05) is 31.5 Å². The largest absolute Gasteiger partial charge is 0.419 e. The van der Waals surface area contributed by atoms with Gasteiger partial charge in [-0.05, 0) is 30.4 Å². The van der Waals surface area contributed by atoms with Gasteiger partial charge in [0.15, 0.2) is 0 Å². The van der Waals surface area contributed by atoms with Gasteiger partial charge in [-0.25, -0.2) is 0 Å². The zero-order valence-corrected chi connectivity index (χ0v) is 24.7. The van der Waals surface area contributed by atoms with E-state index >= 15 is 0 Å². The molecule has 1 aliphatic carbocycles. The van der Waals surface area contributed by atoms with Crippen molar-refractivity contribution >= 4 is 36.0 Å². The van der Waals surface area contributed by atoms with Crippen molar-refractivity contribution < 1.29 is 45.5 Å². The normalized spacial score (nSPS) is 16.9. The van der Waals surface area contributed by atoms with Crippen molar-refractivity contribution in [3.63, 3.8) is 0 Å². The van der Waals surface area contributed by atoms with Crippen LogP contribution in [0.25, 0.3) is 0 Å². The maximum absolute atomic E-state index is 12.5. The third-order valence-electron chi connectivity index (χ3n) is 6.04. The number of hydrogen-bond donors (Lipinski definition) is 3. The van der Waals surface area contributed by atoms with Crippen LogP contribution in [0.5, 0.6) is 0 Å². The Hall–Kier alpha value is -4.68. The van der Waals surface area contributed by atoms with E-state index in [1.165, 1.54) is 23.1 Å². The zero-order chi connectivity index (χ0) is 34.2. The first-order valence-electron chi connectivity index (χ1n) is 13.6. The van der Waals surface area contributed by atoms with Crippen molar-refractivity contribution in [3.05, 3.63) is 53.9 Å². The molecule has 4 amide bonds. The molecule has 2 aromatic rings. The van der Waals surface area contributed by atoms with E-state index in [9.17, 15) is 45.5 Å². The lowest BCUT2D eigenvalue weighted by molar-refractivity contribution is -0.142. The predicted octanol–water partition coefficient (Wildman–Crippen LogP) is 5.24. The summed E-state index contributed by atoms with van der Waals surface area (Å²) in [5.41, 5.74) is -3.80. The molecule has 1 aliphatic heterocycles. The average molecular weight is 645 g/mol. The van der Waals surface area contributed by atoms with Crippen LogP contribution in [-0.4, -0.2) is 53.6 Å². The number of nitrogens with one attached hydrogen (secondary N) is 3. The van der Waals surface area contributed by atoms with Gasteiger partial charge < -0.3 is 20.9 Å². The summed E-state index contributed by atoms with van der Waals surface area (Å²) >= 11 is 0. The SMILES string of the molecule is CC(=O)Nc1c(C(F)(F)F)cncc1C(F)(F)F.CC1CC(C#N)N(C(=O)CNC=O)C1.CC1CC1.O=CNc1ccccc1. The maximum Gasteiger partial charge on any atom is 0.419 e. The van der Waals surface area contributed by atoms with Crippen LogP contribution in [0.15, 0.2) is 42.7 Å². The molecular formula is C29H34F6N6O4. The minimum Gasteiger partial charge on any atom is -0.350 e. The topological polar surface area (TPSA) is 144 Å². The molecule has 1 aromatic carbocycles. The van der Waals surface area contributed by atoms with Crippen molar-refractivity contribution in [1.29, 1.82) is 5.26 Å². The summed E-state index contributed by atoms with van der Waals surface area (Å²) in [6.07, 6.45) is -4.81. The van der Waals surface area contributed by atoms with Crippen LogP contribution in [0.4, 0.5) is 37.7 Å². The molecule has 16 heteroatoms. The molecule has 45 heavy (non-hydrogen) atoms. The molecule has 0 spiro atoms. The predicted molar refractivity (Wildman–Crippen MR) is 152 cm³/mol. The number of amides is 4. The quantitative estimate of drug-likeness (QED) is 0.290. The summed E-state index contributed by atoms with van der Waals surface area (Å²) in [6.45, 7) is 5.68. The fourth-order valence-electron chi connectivity index (χ4n) is 3.64. The number of benzene rings is 1. The number of likely N-dealkylation sites (tertiary alicyclic amines) is 1. The van der Waals surface area contributed by atoms with Crippen LogP contribution < -0.4 is 16.0 Å². The standard InChI is InChI=1S/C9H6F6N2O.C9H13N3O2.C7H7NO.C4H8/c1-4(18)17-7-5(8(10,11)12)2-16-3-6(7)9(13,14)15;1-7-2-8(3-10)12(5-7)9(14)4-11-6-13;9-6-8-7-4-2-1-3-5-7;1-4-2-3-4/h2-3H,1H3,(H,16,17,18);6-8H,2,4-5H2,1H3,(H,11,13);1-6H,(H,8,9);4H,2-3H2,1H3. The molecular weight excluding hydrogens is 610 g/mol. The molecule has 2 unspecified atom stereocenters. The Kier molecular flexibility index (Phi) is 15.5. The number of hydrogen-bond acceptors (Lipinski definition) is 6. The Bertz CT molecular complexity index is 1260. The van der Waals surface area contributed by atoms with E-state index in [4.69, 9.17) is 5.26 Å². The van der Waals surface area contributed by atoms with Crippen molar-refractivity contribution in [2.75, 3.05) is 23.7 Å². The van der Waals surface area contributed by atoms with E-state index in [0.717, 1.165) is 24.9 Å². The van der Waals surface area contributed by atoms with Gasteiger partial charge in [0.2, 0.25) is 24.6 Å². The molecule has 4 rings (SSSR count). The van der Waals surface area contributed by atoms with Gasteiger partial charge in [0.05, 0.1) is 29.4 Å². The summed E-state index contributed by atoms with van der Waals surface area (Å²) in [7, 11) is 0. The third-order valence-corrected chi connectivity index (χ3v) is 6.04. The number of anilines is 2. The van der Waals surface area contributed by atoms with Gasteiger partial charge in [-0.1, -0.05) is 44.9 Å². The van der Waals surface area contributed by atoms with E-state index in [-0.39, 0.29) is 30.9 Å². The molecule has 10 nitrogen and oxygen atoms in total. The van der Waals surface area contributed by atoms with Crippen LogP contribution in [0.3, 0.4) is 0 Å². The van der Waals surface area contributed by atoms with Gasteiger partial charge in [-0.15, -0.1) is 0 Å². The number of para-hydroxylation sites is 1. The fourth-order valence-corrected chi connectivity index (χ4v) is 3.64. The van der Waals surface area contributed by atoms with Gasteiger partial charge in [0.1, 0.15) is 6.04 Å². The summed E-state index contributed by atoms with van der Waals surface area (Å²) in [5.74, 6) is 0.213. The van der Waals surface area contributed by atoms with Gasteiger partial charge in [-0.3, -0.25) is 24.2 Å². The number of rotatable bonds is 6. The van der Waals surface area contributed by atoms with E-state index in [1.54, 1.807) is 0 Å². The Morgan fingerprint density at radius 1 is 0.978 bits per heavy atom. The van der Waals surface area contributed by atoms with Gasteiger partial charge in [0.25, 0.3) is 0 Å². The minimum absolute atomic E-state index is 0.0194. The molecule has 2 fully saturated rings. The smallest absolute Gasteiger partial charge is 0.350 e. The lowest BCUT2D eigenvalue weighted by Crippen LogP contribution is -2.40. The second kappa shape index (κ2) is 18.2. The van der Waals surface area contributed by atoms with Crippen LogP contribution in [0.2, 0.25) is 0 Å². The average Bonchev–Trinajstić information content (AvgIpc) is 3.65.